The predicted molar refractivity (Wildman–Crippen MR) is 82.2 cm³/mol. The molecule has 0 fully saturated rings. The van der Waals surface area contributed by atoms with Gasteiger partial charge in [-0.05, 0) is 24.3 Å². The second-order valence-corrected chi connectivity index (χ2v) is 4.90. The number of aromatic hydroxyl groups is 2. The summed E-state index contributed by atoms with van der Waals surface area (Å²) in [6.07, 6.45) is 0. The highest BCUT2D eigenvalue weighted by atomic mass is 16.3. The summed E-state index contributed by atoms with van der Waals surface area (Å²) in [7, 11) is 3.16. The lowest BCUT2D eigenvalue weighted by Gasteiger charge is -2.13. The number of rotatable bonds is 3. The van der Waals surface area contributed by atoms with Gasteiger partial charge in [0.25, 0.3) is 11.8 Å². The molecule has 2 rings (SSSR count). The Morgan fingerprint density at radius 3 is 2.23 bits per heavy atom. The molecule has 0 spiro atoms. The van der Waals surface area contributed by atoms with Crippen molar-refractivity contribution in [3.05, 3.63) is 53.6 Å². The standard InChI is InChI=1S/C16H16N2O4/c1-18(2)16(22)12-8-7-10(9-14(12)20)17-15(21)11-5-3-4-6-13(11)19/h3-9,19-20H,1-2H3,(H,17,21). The average Bonchev–Trinajstić information content (AvgIpc) is 2.47. The monoisotopic (exact) mass is 300 g/mol. The number of nitrogens with zero attached hydrogens (tertiary/aromatic N) is 1. The molecule has 114 valence electrons. The van der Waals surface area contributed by atoms with Crippen LogP contribution >= 0.6 is 0 Å². The maximum atomic E-state index is 12.0. The van der Waals surface area contributed by atoms with Crippen LogP contribution in [0.5, 0.6) is 11.5 Å². The topological polar surface area (TPSA) is 89.9 Å². The van der Waals surface area contributed by atoms with Gasteiger partial charge in [0, 0.05) is 25.8 Å². The lowest BCUT2D eigenvalue weighted by Crippen LogP contribution is -2.21. The number of phenolic OH excluding ortho intramolecular Hbond substituents is 2. The molecular weight excluding hydrogens is 284 g/mol. The van der Waals surface area contributed by atoms with Gasteiger partial charge in [-0.3, -0.25) is 9.59 Å². The summed E-state index contributed by atoms with van der Waals surface area (Å²) >= 11 is 0. The number of carbonyl (C=O) groups is 2. The zero-order valence-electron chi connectivity index (χ0n) is 12.2. The lowest BCUT2D eigenvalue weighted by molar-refractivity contribution is 0.0824. The maximum absolute atomic E-state index is 12.0. The van der Waals surface area contributed by atoms with Crippen molar-refractivity contribution in [3.63, 3.8) is 0 Å². The SMILES string of the molecule is CN(C)C(=O)c1ccc(NC(=O)c2ccccc2O)cc1O. The van der Waals surface area contributed by atoms with E-state index in [0.717, 1.165) is 0 Å². The molecule has 2 amide bonds. The highest BCUT2D eigenvalue weighted by Crippen LogP contribution is 2.24. The van der Waals surface area contributed by atoms with Crippen molar-refractivity contribution < 1.29 is 19.8 Å². The van der Waals surface area contributed by atoms with Gasteiger partial charge in [-0.1, -0.05) is 12.1 Å². The first-order valence-electron chi connectivity index (χ1n) is 6.54. The van der Waals surface area contributed by atoms with Crippen LogP contribution in [-0.4, -0.2) is 41.0 Å². The fourth-order valence-electron chi connectivity index (χ4n) is 1.90. The average molecular weight is 300 g/mol. The second kappa shape index (κ2) is 6.17. The van der Waals surface area contributed by atoms with Gasteiger partial charge in [0.15, 0.2) is 0 Å². The molecule has 0 unspecified atom stereocenters. The van der Waals surface area contributed by atoms with Crippen LogP contribution in [0, 0.1) is 0 Å². The van der Waals surface area contributed by atoms with Crippen LogP contribution in [0.25, 0.3) is 0 Å². The molecule has 0 radical (unpaired) electrons. The van der Waals surface area contributed by atoms with Gasteiger partial charge in [0.2, 0.25) is 0 Å². The number of hydrogen-bond donors (Lipinski definition) is 3. The third-order valence-corrected chi connectivity index (χ3v) is 3.04. The first-order valence-corrected chi connectivity index (χ1v) is 6.54. The van der Waals surface area contributed by atoms with E-state index in [0.29, 0.717) is 5.69 Å². The molecule has 0 aliphatic carbocycles. The molecule has 2 aromatic carbocycles. The summed E-state index contributed by atoms with van der Waals surface area (Å²) in [4.78, 5) is 25.2. The first-order chi connectivity index (χ1) is 10.4. The minimum absolute atomic E-state index is 0.121. The molecular formula is C16H16N2O4. The van der Waals surface area contributed by atoms with Crippen molar-refractivity contribution in [3.8, 4) is 11.5 Å². The summed E-state index contributed by atoms with van der Waals surface area (Å²) in [6, 6.07) is 10.4. The number of amides is 2. The number of benzene rings is 2. The molecule has 0 saturated carbocycles. The lowest BCUT2D eigenvalue weighted by atomic mass is 10.1. The Hall–Kier alpha value is -3.02. The molecule has 0 aliphatic heterocycles. The molecule has 3 N–H and O–H groups in total. The summed E-state index contributed by atoms with van der Waals surface area (Å²) in [6.45, 7) is 0. The van der Waals surface area contributed by atoms with Crippen LogP contribution < -0.4 is 5.32 Å². The maximum Gasteiger partial charge on any atom is 0.259 e. The molecule has 2 aromatic rings. The summed E-state index contributed by atoms with van der Waals surface area (Å²) in [5.41, 5.74) is 0.585. The Balaban J connectivity index is 2.21. The summed E-state index contributed by atoms with van der Waals surface area (Å²) < 4.78 is 0. The van der Waals surface area contributed by atoms with E-state index in [9.17, 15) is 19.8 Å². The van der Waals surface area contributed by atoms with Gasteiger partial charge >= 0.3 is 0 Å². The highest BCUT2D eigenvalue weighted by Gasteiger charge is 2.15. The number of carbonyl (C=O) groups excluding carboxylic acids is 2. The van der Waals surface area contributed by atoms with Crippen LogP contribution in [0.1, 0.15) is 20.7 Å². The van der Waals surface area contributed by atoms with Crippen molar-refractivity contribution >= 4 is 17.5 Å². The van der Waals surface area contributed by atoms with Gasteiger partial charge in [0.1, 0.15) is 11.5 Å². The van der Waals surface area contributed by atoms with E-state index in [2.05, 4.69) is 5.32 Å². The Morgan fingerprint density at radius 2 is 1.64 bits per heavy atom. The second-order valence-electron chi connectivity index (χ2n) is 4.90. The number of anilines is 1. The zero-order valence-corrected chi connectivity index (χ0v) is 12.2. The number of phenols is 2. The third-order valence-electron chi connectivity index (χ3n) is 3.04. The van der Waals surface area contributed by atoms with Crippen LogP contribution in [0.15, 0.2) is 42.5 Å². The van der Waals surface area contributed by atoms with E-state index >= 15 is 0 Å². The van der Waals surface area contributed by atoms with Crippen molar-refractivity contribution in [1.82, 2.24) is 4.90 Å². The molecule has 0 atom stereocenters. The highest BCUT2D eigenvalue weighted by molar-refractivity contribution is 6.06. The Bertz CT molecular complexity index is 726. The van der Waals surface area contributed by atoms with Gasteiger partial charge < -0.3 is 20.4 Å². The van der Waals surface area contributed by atoms with E-state index in [1.54, 1.807) is 26.2 Å². The van der Waals surface area contributed by atoms with E-state index in [4.69, 9.17) is 0 Å². The largest absolute Gasteiger partial charge is 0.507 e. The molecule has 0 aromatic heterocycles. The molecule has 0 aliphatic rings. The Labute approximate surface area is 127 Å². The van der Waals surface area contributed by atoms with Crippen molar-refractivity contribution in [2.45, 2.75) is 0 Å². The minimum Gasteiger partial charge on any atom is -0.507 e. The molecule has 22 heavy (non-hydrogen) atoms. The molecule has 0 heterocycles. The summed E-state index contributed by atoms with van der Waals surface area (Å²) in [5, 5.41) is 22.1. The van der Waals surface area contributed by atoms with Crippen LogP contribution in [0.2, 0.25) is 0 Å². The Morgan fingerprint density at radius 1 is 0.955 bits per heavy atom. The molecule has 0 bridgehead atoms. The van der Waals surface area contributed by atoms with Gasteiger partial charge in [0.05, 0.1) is 11.1 Å². The third kappa shape index (κ3) is 3.17. The van der Waals surface area contributed by atoms with Crippen LogP contribution in [0.3, 0.4) is 0 Å². The summed E-state index contributed by atoms with van der Waals surface area (Å²) in [5.74, 6) is -1.21. The number of hydrogen-bond acceptors (Lipinski definition) is 4. The molecule has 6 heteroatoms. The smallest absolute Gasteiger partial charge is 0.259 e. The molecule has 0 saturated heterocycles. The van der Waals surface area contributed by atoms with Crippen molar-refractivity contribution in [1.29, 1.82) is 0 Å². The fourth-order valence-corrected chi connectivity index (χ4v) is 1.90. The Kier molecular flexibility index (Phi) is 4.31. The van der Waals surface area contributed by atoms with Gasteiger partial charge in [-0.25, -0.2) is 0 Å². The molecule has 6 nitrogen and oxygen atoms in total. The predicted octanol–water partition coefficient (Wildman–Crippen LogP) is 2.05. The van der Waals surface area contributed by atoms with Gasteiger partial charge in [-0.15, -0.1) is 0 Å². The quantitative estimate of drug-likeness (QED) is 0.809. The number of nitrogens with one attached hydrogen (secondary N) is 1. The fraction of sp³-hybridized carbons (Fsp3) is 0.125. The number of para-hydroxylation sites is 1. The van der Waals surface area contributed by atoms with E-state index in [1.165, 1.54) is 35.2 Å². The normalized spacial score (nSPS) is 10.1. The minimum atomic E-state index is -0.510. The van der Waals surface area contributed by atoms with E-state index < -0.39 is 5.91 Å². The first kappa shape index (κ1) is 15.4. The van der Waals surface area contributed by atoms with Crippen LogP contribution in [-0.2, 0) is 0 Å². The van der Waals surface area contributed by atoms with Crippen molar-refractivity contribution in [2.24, 2.45) is 0 Å². The van der Waals surface area contributed by atoms with E-state index in [1.807, 2.05) is 0 Å². The van der Waals surface area contributed by atoms with Gasteiger partial charge in [-0.2, -0.15) is 0 Å². The van der Waals surface area contributed by atoms with Crippen molar-refractivity contribution in [2.75, 3.05) is 19.4 Å². The zero-order chi connectivity index (χ0) is 16.3. The van der Waals surface area contributed by atoms with Crippen LogP contribution in [0.4, 0.5) is 5.69 Å². The van der Waals surface area contributed by atoms with E-state index in [-0.39, 0.29) is 28.5 Å².